The number of nitrogens with two attached hydrogens (primary N) is 1. The Morgan fingerprint density at radius 2 is 1.67 bits per heavy atom. The fraction of sp³-hybridized carbons (Fsp3) is 0.278. The highest BCUT2D eigenvalue weighted by atomic mass is 16.1. The molecule has 1 unspecified atom stereocenters. The van der Waals surface area contributed by atoms with Gasteiger partial charge >= 0.3 is 0 Å². The van der Waals surface area contributed by atoms with Crippen molar-refractivity contribution in [2.24, 2.45) is 11.7 Å². The predicted molar refractivity (Wildman–Crippen MR) is 84.5 cm³/mol. The van der Waals surface area contributed by atoms with Crippen molar-refractivity contribution in [2.45, 2.75) is 18.9 Å². The number of carbonyl (C=O) groups excluding carboxylic acids is 1. The number of hydrogen-bond donors (Lipinski definition) is 2. The zero-order valence-corrected chi connectivity index (χ0v) is 12.0. The Morgan fingerprint density at radius 1 is 1.05 bits per heavy atom. The van der Waals surface area contributed by atoms with Crippen LogP contribution in [0.1, 0.15) is 24.4 Å². The van der Waals surface area contributed by atoms with E-state index in [4.69, 9.17) is 5.73 Å². The van der Waals surface area contributed by atoms with Gasteiger partial charge in [0.05, 0.1) is 0 Å². The van der Waals surface area contributed by atoms with E-state index < -0.39 is 6.04 Å². The zero-order valence-electron chi connectivity index (χ0n) is 12.0. The quantitative estimate of drug-likeness (QED) is 0.855. The van der Waals surface area contributed by atoms with Crippen molar-refractivity contribution in [3.63, 3.8) is 0 Å². The molecule has 1 aliphatic rings. The van der Waals surface area contributed by atoms with Crippen molar-refractivity contribution in [1.82, 2.24) is 5.32 Å². The molecule has 3 N–H and O–H groups in total. The van der Waals surface area contributed by atoms with Gasteiger partial charge < -0.3 is 11.1 Å². The second-order valence-electron chi connectivity index (χ2n) is 5.68. The summed E-state index contributed by atoms with van der Waals surface area (Å²) in [7, 11) is 0. The molecule has 1 fully saturated rings. The van der Waals surface area contributed by atoms with E-state index in [0.29, 0.717) is 0 Å². The van der Waals surface area contributed by atoms with Crippen LogP contribution in [0.4, 0.5) is 0 Å². The lowest BCUT2D eigenvalue weighted by molar-refractivity contribution is -0.120. The smallest absolute Gasteiger partial charge is 0.239 e. The van der Waals surface area contributed by atoms with Crippen molar-refractivity contribution in [3.05, 3.63) is 60.2 Å². The van der Waals surface area contributed by atoms with Crippen LogP contribution in [-0.4, -0.2) is 12.5 Å². The maximum atomic E-state index is 11.6. The molecular formula is C18H20N2O. The number of amides is 1. The van der Waals surface area contributed by atoms with Crippen molar-refractivity contribution >= 4 is 5.91 Å². The molecule has 1 aliphatic carbocycles. The van der Waals surface area contributed by atoms with Crippen LogP contribution in [0.25, 0.3) is 11.1 Å². The van der Waals surface area contributed by atoms with Gasteiger partial charge in [0.2, 0.25) is 5.91 Å². The van der Waals surface area contributed by atoms with Crippen molar-refractivity contribution < 1.29 is 4.79 Å². The van der Waals surface area contributed by atoms with Gasteiger partial charge in [0, 0.05) is 0 Å². The average Bonchev–Trinajstić information content (AvgIpc) is 3.33. The van der Waals surface area contributed by atoms with Gasteiger partial charge in [0.1, 0.15) is 6.04 Å². The van der Waals surface area contributed by atoms with Crippen LogP contribution in [0.5, 0.6) is 0 Å². The molecule has 0 aromatic heterocycles. The van der Waals surface area contributed by atoms with Gasteiger partial charge in [0.15, 0.2) is 0 Å². The first kappa shape index (κ1) is 13.8. The fourth-order valence-electron chi connectivity index (χ4n) is 2.49. The summed E-state index contributed by atoms with van der Waals surface area (Å²) in [6, 6.07) is 17.9. The van der Waals surface area contributed by atoms with Crippen LogP contribution in [-0.2, 0) is 4.79 Å². The molecule has 2 aromatic rings. The molecule has 3 rings (SSSR count). The van der Waals surface area contributed by atoms with Gasteiger partial charge in [-0.1, -0.05) is 54.6 Å². The molecule has 0 saturated heterocycles. The molecule has 1 saturated carbocycles. The molecule has 2 aromatic carbocycles. The van der Waals surface area contributed by atoms with Gasteiger partial charge in [-0.2, -0.15) is 0 Å². The van der Waals surface area contributed by atoms with E-state index in [1.54, 1.807) is 0 Å². The van der Waals surface area contributed by atoms with Gasteiger partial charge in [0.25, 0.3) is 0 Å². The van der Waals surface area contributed by atoms with Crippen LogP contribution in [0.3, 0.4) is 0 Å². The number of carbonyl (C=O) groups is 1. The minimum Gasteiger partial charge on any atom is -0.368 e. The van der Waals surface area contributed by atoms with E-state index in [1.807, 2.05) is 42.5 Å². The Morgan fingerprint density at radius 3 is 2.24 bits per heavy atom. The average molecular weight is 280 g/mol. The molecule has 1 atom stereocenters. The van der Waals surface area contributed by atoms with Gasteiger partial charge in [-0.05, 0) is 42.0 Å². The lowest BCUT2D eigenvalue weighted by Gasteiger charge is -2.16. The van der Waals surface area contributed by atoms with E-state index in [9.17, 15) is 4.79 Å². The predicted octanol–water partition coefficient (Wildman–Crippen LogP) is 2.88. The lowest BCUT2D eigenvalue weighted by atomic mass is 10.0. The summed E-state index contributed by atoms with van der Waals surface area (Å²) in [4.78, 5) is 11.6. The van der Waals surface area contributed by atoms with E-state index in [0.717, 1.165) is 23.6 Å². The summed E-state index contributed by atoms with van der Waals surface area (Å²) in [5, 5.41) is 3.28. The van der Waals surface area contributed by atoms with Crippen LogP contribution in [0.2, 0.25) is 0 Å². The molecule has 3 heteroatoms. The van der Waals surface area contributed by atoms with E-state index >= 15 is 0 Å². The molecule has 3 nitrogen and oxygen atoms in total. The van der Waals surface area contributed by atoms with Crippen molar-refractivity contribution in [1.29, 1.82) is 0 Å². The Kier molecular flexibility index (Phi) is 4.02. The maximum Gasteiger partial charge on any atom is 0.239 e. The Balaban J connectivity index is 1.76. The van der Waals surface area contributed by atoms with Gasteiger partial charge in [-0.3, -0.25) is 4.79 Å². The highest BCUT2D eigenvalue weighted by Gasteiger charge is 2.24. The van der Waals surface area contributed by atoms with Crippen LogP contribution >= 0.6 is 0 Å². The van der Waals surface area contributed by atoms with E-state index in [1.165, 1.54) is 18.4 Å². The number of rotatable bonds is 6. The molecular weight excluding hydrogens is 260 g/mol. The third kappa shape index (κ3) is 3.50. The summed E-state index contributed by atoms with van der Waals surface area (Å²) in [6.07, 6.45) is 2.51. The first-order valence-corrected chi connectivity index (χ1v) is 7.42. The first-order valence-electron chi connectivity index (χ1n) is 7.42. The third-order valence-electron chi connectivity index (χ3n) is 3.94. The third-order valence-corrected chi connectivity index (χ3v) is 3.94. The highest BCUT2D eigenvalue weighted by molar-refractivity contribution is 5.81. The van der Waals surface area contributed by atoms with Crippen molar-refractivity contribution in [2.75, 3.05) is 6.54 Å². The maximum absolute atomic E-state index is 11.6. The monoisotopic (exact) mass is 280 g/mol. The van der Waals surface area contributed by atoms with Gasteiger partial charge in [-0.25, -0.2) is 0 Å². The van der Waals surface area contributed by atoms with Crippen molar-refractivity contribution in [3.8, 4) is 11.1 Å². The number of nitrogens with one attached hydrogen (secondary N) is 1. The summed E-state index contributed by atoms with van der Waals surface area (Å²) in [5.41, 5.74) is 8.77. The summed E-state index contributed by atoms with van der Waals surface area (Å²) >= 11 is 0. The van der Waals surface area contributed by atoms with Gasteiger partial charge in [-0.15, -0.1) is 0 Å². The van der Waals surface area contributed by atoms with Crippen LogP contribution < -0.4 is 11.1 Å². The van der Waals surface area contributed by atoms with E-state index in [2.05, 4.69) is 17.4 Å². The molecule has 0 heterocycles. The minimum absolute atomic E-state index is 0.317. The number of hydrogen-bond acceptors (Lipinski definition) is 2. The Hall–Kier alpha value is -2.13. The molecule has 0 radical (unpaired) electrons. The number of benzene rings is 2. The fourth-order valence-corrected chi connectivity index (χ4v) is 2.49. The first-order chi connectivity index (χ1) is 10.2. The molecule has 0 bridgehead atoms. The summed E-state index contributed by atoms with van der Waals surface area (Å²) in [5.74, 6) is 0.401. The summed E-state index contributed by atoms with van der Waals surface area (Å²) < 4.78 is 0. The topological polar surface area (TPSA) is 55.1 Å². The lowest BCUT2D eigenvalue weighted by Crippen LogP contribution is -2.34. The Labute approximate surface area is 125 Å². The number of primary amides is 1. The molecule has 0 aliphatic heterocycles. The normalized spacial score (nSPS) is 15.6. The molecule has 108 valence electrons. The molecule has 21 heavy (non-hydrogen) atoms. The second kappa shape index (κ2) is 6.10. The zero-order chi connectivity index (χ0) is 14.7. The minimum atomic E-state index is -0.393. The molecule has 0 spiro atoms. The largest absolute Gasteiger partial charge is 0.368 e. The van der Waals surface area contributed by atoms with Crippen LogP contribution in [0.15, 0.2) is 54.6 Å². The summed E-state index contributed by atoms with van der Waals surface area (Å²) in [6.45, 7) is 0.869. The standard InChI is InChI=1S/C18H20N2O/c19-18(21)17(20-12-13-6-7-13)16-10-8-15(9-11-16)14-4-2-1-3-5-14/h1-5,8-11,13,17,20H,6-7,12H2,(H2,19,21). The van der Waals surface area contributed by atoms with E-state index in [-0.39, 0.29) is 5.91 Å². The Bertz CT molecular complexity index is 603. The highest BCUT2D eigenvalue weighted by Crippen LogP contribution is 2.29. The molecule has 1 amide bonds. The van der Waals surface area contributed by atoms with Crippen LogP contribution in [0, 0.1) is 5.92 Å². The second-order valence-corrected chi connectivity index (χ2v) is 5.68. The SMILES string of the molecule is NC(=O)C(NCC1CC1)c1ccc(-c2ccccc2)cc1.